The lowest BCUT2D eigenvalue weighted by atomic mass is 10.1. The average molecular weight is 403 g/mol. The lowest BCUT2D eigenvalue weighted by Gasteiger charge is -2.35. The SMILES string of the molecule is CN=C(NCC1CCCN1Cc1ccccc1)N1CCC(OCCCOC)CC1. The Morgan fingerprint density at radius 2 is 1.90 bits per heavy atom. The number of hydrogen-bond donors (Lipinski definition) is 1. The Balaban J connectivity index is 1.40. The molecular formula is C23H38N4O2. The zero-order valence-electron chi connectivity index (χ0n) is 18.2. The van der Waals surface area contributed by atoms with Gasteiger partial charge < -0.3 is 19.7 Å². The van der Waals surface area contributed by atoms with Crippen molar-refractivity contribution in [1.29, 1.82) is 0 Å². The quantitative estimate of drug-likeness (QED) is 0.391. The molecule has 2 aliphatic rings. The molecule has 2 saturated heterocycles. The third kappa shape index (κ3) is 6.98. The Bertz CT molecular complexity index is 602. The molecule has 6 nitrogen and oxygen atoms in total. The molecule has 1 aromatic rings. The number of nitrogens with one attached hydrogen (secondary N) is 1. The van der Waals surface area contributed by atoms with Crippen LogP contribution in [0, 0.1) is 0 Å². The normalized spacial score (nSPS) is 21.7. The minimum Gasteiger partial charge on any atom is -0.385 e. The summed E-state index contributed by atoms with van der Waals surface area (Å²) in [6.45, 7) is 6.78. The summed E-state index contributed by atoms with van der Waals surface area (Å²) in [5, 5.41) is 3.65. The third-order valence-corrected chi connectivity index (χ3v) is 6.02. The number of hydrogen-bond acceptors (Lipinski definition) is 4. The first kappa shape index (κ1) is 22.1. The smallest absolute Gasteiger partial charge is 0.193 e. The van der Waals surface area contributed by atoms with Gasteiger partial charge in [-0.1, -0.05) is 30.3 Å². The van der Waals surface area contributed by atoms with Crippen molar-refractivity contribution in [3.8, 4) is 0 Å². The minimum absolute atomic E-state index is 0.373. The van der Waals surface area contributed by atoms with Crippen LogP contribution in [0.1, 0.15) is 37.7 Å². The van der Waals surface area contributed by atoms with Gasteiger partial charge in [0.15, 0.2) is 5.96 Å². The fourth-order valence-electron chi connectivity index (χ4n) is 4.38. The number of ether oxygens (including phenoxy) is 2. The molecule has 162 valence electrons. The van der Waals surface area contributed by atoms with E-state index in [1.807, 2.05) is 7.05 Å². The van der Waals surface area contributed by atoms with Gasteiger partial charge in [0.05, 0.1) is 6.10 Å². The number of benzene rings is 1. The third-order valence-electron chi connectivity index (χ3n) is 6.02. The molecule has 0 saturated carbocycles. The second-order valence-corrected chi connectivity index (χ2v) is 8.08. The van der Waals surface area contributed by atoms with Gasteiger partial charge in [0, 0.05) is 59.6 Å². The predicted octanol–water partition coefficient (Wildman–Crippen LogP) is 2.74. The van der Waals surface area contributed by atoms with Crippen molar-refractivity contribution in [2.75, 3.05) is 53.6 Å². The fourth-order valence-corrected chi connectivity index (χ4v) is 4.38. The van der Waals surface area contributed by atoms with Crippen LogP contribution in [0.2, 0.25) is 0 Å². The van der Waals surface area contributed by atoms with Crippen LogP contribution in [-0.2, 0) is 16.0 Å². The van der Waals surface area contributed by atoms with Crippen LogP contribution in [0.3, 0.4) is 0 Å². The second-order valence-electron chi connectivity index (χ2n) is 8.08. The highest BCUT2D eigenvalue weighted by molar-refractivity contribution is 5.80. The van der Waals surface area contributed by atoms with E-state index in [0.717, 1.165) is 64.6 Å². The van der Waals surface area contributed by atoms with E-state index < -0.39 is 0 Å². The molecule has 1 aromatic carbocycles. The van der Waals surface area contributed by atoms with Crippen LogP contribution in [0.4, 0.5) is 0 Å². The predicted molar refractivity (Wildman–Crippen MR) is 118 cm³/mol. The Labute approximate surface area is 176 Å². The summed E-state index contributed by atoms with van der Waals surface area (Å²) in [5.74, 6) is 1.04. The van der Waals surface area contributed by atoms with E-state index in [1.165, 1.54) is 24.9 Å². The molecule has 29 heavy (non-hydrogen) atoms. The molecule has 2 heterocycles. The summed E-state index contributed by atoms with van der Waals surface area (Å²) in [7, 11) is 3.63. The van der Waals surface area contributed by atoms with Crippen LogP contribution in [-0.4, -0.2) is 81.5 Å². The van der Waals surface area contributed by atoms with Crippen molar-refractivity contribution < 1.29 is 9.47 Å². The number of methoxy groups -OCH3 is 1. The van der Waals surface area contributed by atoms with Crippen LogP contribution < -0.4 is 5.32 Å². The summed E-state index contributed by atoms with van der Waals surface area (Å²) in [6, 6.07) is 11.4. The van der Waals surface area contributed by atoms with E-state index in [1.54, 1.807) is 7.11 Å². The maximum absolute atomic E-state index is 5.99. The molecule has 6 heteroatoms. The number of piperidine rings is 1. The Morgan fingerprint density at radius 1 is 1.10 bits per heavy atom. The van der Waals surface area contributed by atoms with E-state index in [0.29, 0.717) is 12.1 Å². The van der Waals surface area contributed by atoms with E-state index >= 15 is 0 Å². The van der Waals surface area contributed by atoms with Gasteiger partial charge in [-0.15, -0.1) is 0 Å². The maximum Gasteiger partial charge on any atom is 0.193 e. The summed E-state index contributed by atoms with van der Waals surface area (Å²) >= 11 is 0. The highest BCUT2D eigenvalue weighted by Gasteiger charge is 2.26. The van der Waals surface area contributed by atoms with Crippen molar-refractivity contribution in [2.24, 2.45) is 4.99 Å². The Hall–Kier alpha value is -1.63. The van der Waals surface area contributed by atoms with Gasteiger partial charge in [-0.05, 0) is 44.2 Å². The summed E-state index contributed by atoms with van der Waals surface area (Å²) < 4.78 is 11.1. The first-order valence-corrected chi connectivity index (χ1v) is 11.1. The number of likely N-dealkylation sites (tertiary alicyclic amines) is 2. The number of nitrogens with zero attached hydrogens (tertiary/aromatic N) is 3. The molecule has 0 spiro atoms. The Morgan fingerprint density at radius 3 is 2.62 bits per heavy atom. The van der Waals surface area contributed by atoms with E-state index in [9.17, 15) is 0 Å². The van der Waals surface area contributed by atoms with Gasteiger partial charge in [-0.25, -0.2) is 0 Å². The molecule has 0 amide bonds. The first-order valence-electron chi connectivity index (χ1n) is 11.1. The van der Waals surface area contributed by atoms with Crippen LogP contribution in [0.25, 0.3) is 0 Å². The summed E-state index contributed by atoms with van der Waals surface area (Å²) in [6.07, 6.45) is 6.02. The van der Waals surface area contributed by atoms with Crippen molar-refractivity contribution >= 4 is 5.96 Å². The van der Waals surface area contributed by atoms with Crippen molar-refractivity contribution in [2.45, 2.75) is 50.8 Å². The highest BCUT2D eigenvalue weighted by Crippen LogP contribution is 2.20. The lowest BCUT2D eigenvalue weighted by molar-refractivity contribution is 0.00987. The highest BCUT2D eigenvalue weighted by atomic mass is 16.5. The van der Waals surface area contributed by atoms with Gasteiger partial charge >= 0.3 is 0 Å². The minimum atomic E-state index is 0.373. The zero-order chi connectivity index (χ0) is 20.3. The van der Waals surface area contributed by atoms with E-state index in [2.05, 4.69) is 50.4 Å². The van der Waals surface area contributed by atoms with Gasteiger partial charge in [-0.3, -0.25) is 9.89 Å². The number of guanidine groups is 1. The average Bonchev–Trinajstić information content (AvgIpc) is 3.20. The van der Waals surface area contributed by atoms with E-state index in [4.69, 9.17) is 9.47 Å². The molecule has 0 bridgehead atoms. The lowest BCUT2D eigenvalue weighted by Crippen LogP contribution is -2.49. The molecule has 0 aromatic heterocycles. The molecule has 1 atom stereocenters. The standard InChI is InChI=1S/C23H38N4O2/c1-24-23(26-14-11-22(12-15-26)29-17-7-16-28-2)25-18-21-10-6-13-27(21)19-20-8-4-3-5-9-20/h3-5,8-9,21-22H,6-7,10-19H2,1-2H3,(H,24,25). The first-order chi connectivity index (χ1) is 14.3. The van der Waals surface area contributed by atoms with Gasteiger partial charge in [0.25, 0.3) is 0 Å². The Kier molecular flexibility index (Phi) is 9.25. The molecular weight excluding hydrogens is 364 g/mol. The summed E-state index contributed by atoms with van der Waals surface area (Å²) in [5.41, 5.74) is 1.40. The molecule has 2 aliphatic heterocycles. The second kappa shape index (κ2) is 12.2. The molecule has 0 aliphatic carbocycles. The number of rotatable bonds is 9. The van der Waals surface area contributed by atoms with Crippen molar-refractivity contribution in [1.82, 2.24) is 15.1 Å². The monoisotopic (exact) mass is 402 g/mol. The van der Waals surface area contributed by atoms with Gasteiger partial charge in [-0.2, -0.15) is 0 Å². The molecule has 1 N–H and O–H groups in total. The van der Waals surface area contributed by atoms with Crippen LogP contribution >= 0.6 is 0 Å². The van der Waals surface area contributed by atoms with Crippen LogP contribution in [0.15, 0.2) is 35.3 Å². The zero-order valence-corrected chi connectivity index (χ0v) is 18.2. The van der Waals surface area contributed by atoms with Crippen LogP contribution in [0.5, 0.6) is 0 Å². The fraction of sp³-hybridized carbons (Fsp3) is 0.696. The van der Waals surface area contributed by atoms with E-state index in [-0.39, 0.29) is 0 Å². The summed E-state index contributed by atoms with van der Waals surface area (Å²) in [4.78, 5) is 9.54. The van der Waals surface area contributed by atoms with Gasteiger partial charge in [0.1, 0.15) is 0 Å². The maximum atomic E-state index is 5.99. The largest absolute Gasteiger partial charge is 0.385 e. The van der Waals surface area contributed by atoms with Crippen molar-refractivity contribution in [3.05, 3.63) is 35.9 Å². The van der Waals surface area contributed by atoms with Gasteiger partial charge in [0.2, 0.25) is 0 Å². The van der Waals surface area contributed by atoms with Crippen molar-refractivity contribution in [3.63, 3.8) is 0 Å². The number of aliphatic imine (C=N–C) groups is 1. The molecule has 1 unspecified atom stereocenters. The molecule has 0 radical (unpaired) electrons. The topological polar surface area (TPSA) is 49.3 Å². The molecule has 2 fully saturated rings. The molecule has 3 rings (SSSR count).